The molecule has 3 spiro atoms. The average molecular weight is 1130 g/mol. The van der Waals surface area contributed by atoms with Crippen molar-refractivity contribution in [3.05, 3.63) is 75.4 Å². The summed E-state index contributed by atoms with van der Waals surface area (Å²) in [6.45, 7) is 40.9. The molecule has 15 atom stereocenters. The number of hydrogen-bond acceptors (Lipinski definition) is 9. The van der Waals surface area contributed by atoms with Crippen molar-refractivity contribution in [2.75, 3.05) is 19.8 Å². The Morgan fingerprint density at radius 2 is 1.11 bits per heavy atom. The van der Waals surface area contributed by atoms with Gasteiger partial charge >= 0.3 is 0 Å². The number of aliphatic hydroxyl groups is 2. The number of fused-ring (bicyclic) bond motifs is 1. The zero-order valence-electron chi connectivity index (χ0n) is 47.2. The summed E-state index contributed by atoms with van der Waals surface area (Å²) >= 11 is 0. The minimum atomic E-state index is -1.82. The van der Waals surface area contributed by atoms with Gasteiger partial charge in [0.05, 0.1) is 53.9 Å². The second-order valence-electron chi connectivity index (χ2n) is 27.3. The maximum absolute atomic E-state index is 10.9. The van der Waals surface area contributed by atoms with E-state index in [0.717, 1.165) is 134 Å². The second kappa shape index (κ2) is 25.2. The van der Waals surface area contributed by atoms with Crippen LogP contribution in [0.15, 0.2) is 75.4 Å². The van der Waals surface area contributed by atoms with Crippen LogP contribution >= 0.6 is 0 Å². The fourth-order valence-corrected chi connectivity index (χ4v) is 26.0. The van der Waals surface area contributed by atoms with Crippen molar-refractivity contribution in [3.8, 4) is 0 Å². The predicted octanol–water partition coefficient (Wildman–Crippen LogP) is 15.7. The summed E-state index contributed by atoms with van der Waals surface area (Å²) in [6.07, 6.45) is 33.7. The van der Waals surface area contributed by atoms with Gasteiger partial charge in [-0.05, 0) is 208 Å². The Hall–Kier alpha value is -1.05. The van der Waals surface area contributed by atoms with Gasteiger partial charge in [0.25, 0.3) is 0 Å². The zero-order chi connectivity index (χ0) is 52.8. The smallest absolute Gasteiger partial charge is 0.191 e. The van der Waals surface area contributed by atoms with Crippen molar-refractivity contribution in [3.63, 3.8) is 0 Å². The first-order valence-corrected chi connectivity index (χ1v) is 41.7. The lowest BCUT2D eigenvalue weighted by Crippen LogP contribution is -2.59. The van der Waals surface area contributed by atoms with Crippen molar-refractivity contribution in [1.29, 1.82) is 0 Å². The molecular formula is C63H114O9Si4. The Kier molecular flexibility index (Phi) is 21.8. The molecule has 9 nitrogen and oxygen atoms in total. The Morgan fingerprint density at radius 1 is 0.592 bits per heavy atom. The van der Waals surface area contributed by atoms with E-state index in [9.17, 15) is 10.2 Å². The van der Waals surface area contributed by atoms with Gasteiger partial charge in [-0.2, -0.15) is 0 Å². The quantitative estimate of drug-likeness (QED) is 0.115. The summed E-state index contributed by atoms with van der Waals surface area (Å²) in [5.74, 6) is 3.06. The van der Waals surface area contributed by atoms with Gasteiger partial charge in [-0.3, -0.25) is 0 Å². The van der Waals surface area contributed by atoms with E-state index in [-0.39, 0.29) is 56.4 Å². The van der Waals surface area contributed by atoms with Gasteiger partial charge < -0.3 is 42.1 Å². The van der Waals surface area contributed by atoms with Crippen LogP contribution in [0.2, 0.25) is 76.6 Å². The molecule has 4 aliphatic heterocycles. The molecule has 10 rings (SSSR count). The van der Waals surface area contributed by atoms with Crippen molar-refractivity contribution in [2.45, 2.75) is 266 Å². The van der Waals surface area contributed by atoms with E-state index in [1.54, 1.807) is 0 Å². The highest BCUT2D eigenvalue weighted by Crippen LogP contribution is 2.66. The second-order valence-corrected chi connectivity index (χ2v) is 43.9. The molecule has 436 valence electrons. The zero-order valence-corrected chi connectivity index (χ0v) is 51.2. The van der Waals surface area contributed by atoms with E-state index < -0.39 is 38.9 Å². The summed E-state index contributed by atoms with van der Waals surface area (Å²) in [4.78, 5) is 0. The van der Waals surface area contributed by atoms with Gasteiger partial charge in [-0.25, -0.2) is 0 Å². The van der Waals surface area contributed by atoms with Crippen molar-refractivity contribution in [2.24, 2.45) is 35.5 Å². The number of aliphatic hydroxyl groups excluding tert-OH is 1. The van der Waals surface area contributed by atoms with Gasteiger partial charge in [0.1, 0.15) is 5.60 Å². The van der Waals surface area contributed by atoms with Gasteiger partial charge in [0, 0.05) is 31.5 Å². The topological polar surface area (TPSA) is 105 Å². The van der Waals surface area contributed by atoms with E-state index in [1.165, 1.54) is 19.3 Å². The van der Waals surface area contributed by atoms with Crippen LogP contribution in [-0.2, 0) is 31.9 Å². The maximum Gasteiger partial charge on any atom is 0.191 e. The fourth-order valence-electron chi connectivity index (χ4n) is 17.8. The SMILES string of the molecule is C.C.C.C=CC[C@@H]1C[C@]2(O)CCO[C@@]23CC[C@H](O)C[C@H]13.C=CC[C@@H]1C[C@]2(O[Si](C)(C)CC=C)CCO[C@@]23CC[C@H](O[Si](C)(C)CC=C)C[C@H]13.C=CC[Si](C)(C)O[C@@]12CCO[C@@]13CC[C@H]1C[C@@H]3[C@H](CC=CC[Si](C)(C)O1)C2. The fraction of sp³-hybridized carbons (Fsp3) is 0.810. The Bertz CT molecular complexity index is 2010. The third-order valence-electron chi connectivity index (χ3n) is 20.3. The lowest BCUT2D eigenvalue weighted by Gasteiger charge is -2.50. The molecule has 2 bridgehead atoms. The van der Waals surface area contributed by atoms with E-state index in [4.69, 9.17) is 31.9 Å². The van der Waals surface area contributed by atoms with Crippen molar-refractivity contribution in [1.82, 2.24) is 0 Å². The summed E-state index contributed by atoms with van der Waals surface area (Å²) in [6, 6.07) is 4.17. The Balaban J connectivity index is 0.000000213. The van der Waals surface area contributed by atoms with Crippen LogP contribution in [0.5, 0.6) is 0 Å². The van der Waals surface area contributed by atoms with Gasteiger partial charge in [-0.15, -0.1) is 32.9 Å². The van der Waals surface area contributed by atoms with Gasteiger partial charge in [0.2, 0.25) is 0 Å². The Labute approximate surface area is 470 Å². The van der Waals surface area contributed by atoms with Crippen LogP contribution in [0, 0.1) is 35.5 Å². The first-order chi connectivity index (χ1) is 34.4. The molecule has 0 aromatic carbocycles. The van der Waals surface area contributed by atoms with E-state index in [1.807, 2.05) is 18.2 Å². The molecule has 0 unspecified atom stereocenters. The van der Waals surface area contributed by atoms with Crippen LogP contribution in [0.4, 0.5) is 0 Å². The molecule has 9 fully saturated rings. The molecule has 0 amide bonds. The number of ether oxygens (including phenoxy) is 3. The molecule has 10 aliphatic rings. The van der Waals surface area contributed by atoms with E-state index in [2.05, 4.69) is 110 Å². The highest BCUT2D eigenvalue weighted by molar-refractivity contribution is 6.72. The molecule has 2 N–H and O–H groups in total. The van der Waals surface area contributed by atoms with Crippen LogP contribution in [0.25, 0.3) is 0 Å². The molecule has 0 radical (unpaired) electrons. The summed E-state index contributed by atoms with van der Waals surface area (Å²) in [5, 5.41) is 20.7. The van der Waals surface area contributed by atoms with Crippen LogP contribution in [0.3, 0.4) is 0 Å². The first kappa shape index (κ1) is 65.8. The monoisotopic (exact) mass is 1130 g/mol. The minimum absolute atomic E-state index is 0. The number of rotatable bonds is 16. The lowest BCUT2D eigenvalue weighted by molar-refractivity contribution is -0.153. The molecule has 0 aromatic heterocycles. The van der Waals surface area contributed by atoms with Gasteiger partial charge in [-0.1, -0.05) is 64.8 Å². The van der Waals surface area contributed by atoms with E-state index in [0.29, 0.717) is 54.3 Å². The number of allylic oxidation sites excluding steroid dienone is 7. The standard InChI is InChI=1S/C24H42O3Si2.C22H38O3Si2.C14H22O3.3CH4/c1-8-11-20-19-23(27-29(6,7)17-10-3)14-15-25-24(23)13-12-21(18-22(20)24)26-28(4,5)16-9-2;1-6-14-27(4,5)25-21-12-13-23-22(21)11-10-19-16-20(22)18(17-21)9-7-8-15-26(2,3)24-19;1-2-3-10-9-13(16)6-7-17-14(13)5-4-11(15)8-12(10)14;;;/h8-10,20-22H,1-3,11-19H2,4-7H3;6-8,18-20H,1,9-17H2,2-5H3;2,10-12,15-16H,1,3-9H2;3*1H4/t20-,21+,22-,23-,24-;18-,19+,20-,21-,22-;10-,11+,12-,13-,14-;;;/m111.../s1. The molecule has 3 saturated heterocycles. The third kappa shape index (κ3) is 12.6. The molecule has 4 heterocycles. The third-order valence-corrected chi connectivity index (χ3v) is 29.1. The largest absolute Gasteiger partial charge is 0.414 e. The molecule has 6 aliphatic carbocycles. The van der Waals surface area contributed by atoms with E-state index >= 15 is 0 Å². The molecule has 13 heteroatoms. The summed E-state index contributed by atoms with van der Waals surface area (Å²) < 4.78 is 47.0. The highest BCUT2D eigenvalue weighted by atomic mass is 28.4. The molecular weight excluding hydrogens is 1010 g/mol. The molecule has 76 heavy (non-hydrogen) atoms. The summed E-state index contributed by atoms with van der Waals surface area (Å²) in [7, 11) is -6.90. The Morgan fingerprint density at radius 3 is 1.71 bits per heavy atom. The highest BCUT2D eigenvalue weighted by Gasteiger charge is 2.72. The normalized spacial score (nSPS) is 41.4. The van der Waals surface area contributed by atoms with Crippen LogP contribution in [-0.4, -0.2) is 115 Å². The molecule has 0 aromatic rings. The van der Waals surface area contributed by atoms with Crippen molar-refractivity contribution < 1.29 is 42.1 Å². The summed E-state index contributed by atoms with van der Waals surface area (Å²) in [5.41, 5.74) is -1.40. The molecule has 6 saturated carbocycles. The first-order valence-electron chi connectivity index (χ1n) is 29.2. The van der Waals surface area contributed by atoms with Gasteiger partial charge in [0.15, 0.2) is 33.3 Å². The minimum Gasteiger partial charge on any atom is -0.414 e. The van der Waals surface area contributed by atoms with Crippen molar-refractivity contribution >= 4 is 33.3 Å². The van der Waals surface area contributed by atoms with Crippen LogP contribution in [0.1, 0.15) is 138 Å². The lowest BCUT2D eigenvalue weighted by atomic mass is 9.69. The maximum atomic E-state index is 10.9. The van der Waals surface area contributed by atoms with Crippen LogP contribution < -0.4 is 0 Å². The predicted molar refractivity (Wildman–Crippen MR) is 328 cm³/mol. The average Bonchev–Trinajstić information content (AvgIpc) is 4.07. The number of hydrogen-bond donors (Lipinski definition) is 2.